The molecule has 112 valence electrons. The summed E-state index contributed by atoms with van der Waals surface area (Å²) < 4.78 is 7.64. The predicted octanol–water partition coefficient (Wildman–Crippen LogP) is 4.32. The van der Waals surface area contributed by atoms with E-state index in [2.05, 4.69) is 10.1 Å². The zero-order chi connectivity index (χ0) is 15.5. The van der Waals surface area contributed by atoms with Crippen LogP contribution in [0.4, 0.5) is 0 Å². The lowest BCUT2D eigenvalue weighted by Gasteiger charge is -2.08. The Labute approximate surface area is 138 Å². The third-order valence-corrected chi connectivity index (χ3v) is 3.97. The van der Waals surface area contributed by atoms with Crippen LogP contribution < -0.4 is 4.74 Å². The first kappa shape index (κ1) is 14.8. The van der Waals surface area contributed by atoms with Crippen molar-refractivity contribution < 1.29 is 4.74 Å². The Morgan fingerprint density at radius 2 is 1.91 bits per heavy atom. The first-order valence-corrected chi connectivity index (χ1v) is 7.51. The maximum atomic E-state index is 6.20. The van der Waals surface area contributed by atoms with Crippen LogP contribution in [-0.4, -0.2) is 21.9 Å². The zero-order valence-electron chi connectivity index (χ0n) is 11.9. The van der Waals surface area contributed by atoms with Crippen molar-refractivity contribution in [1.82, 2.24) is 14.8 Å². The molecule has 0 bridgehead atoms. The molecule has 6 heteroatoms. The van der Waals surface area contributed by atoms with Crippen LogP contribution >= 0.6 is 23.8 Å². The predicted molar refractivity (Wildman–Crippen MR) is 90.0 cm³/mol. The standard InChI is InChI=1S/C16H14ClN3OS/c1-21-14-9-5-2-6-11(14)10-20-16(22)18-15(19-20)12-7-3-4-8-13(12)17/h2-9H,10H2,1H3,(H,18,19,22). The summed E-state index contributed by atoms with van der Waals surface area (Å²) in [6, 6.07) is 15.3. The Balaban J connectivity index is 1.97. The molecule has 0 aliphatic carbocycles. The largest absolute Gasteiger partial charge is 0.496 e. The minimum Gasteiger partial charge on any atom is -0.496 e. The van der Waals surface area contributed by atoms with E-state index in [1.165, 1.54) is 0 Å². The third-order valence-electron chi connectivity index (χ3n) is 3.33. The number of ether oxygens (including phenoxy) is 1. The fourth-order valence-corrected chi connectivity index (χ4v) is 2.67. The number of hydrogen-bond donors (Lipinski definition) is 1. The molecule has 0 atom stereocenters. The first-order valence-electron chi connectivity index (χ1n) is 6.72. The summed E-state index contributed by atoms with van der Waals surface area (Å²) >= 11 is 11.5. The molecule has 0 fully saturated rings. The van der Waals surface area contributed by atoms with E-state index in [1.807, 2.05) is 48.5 Å². The highest BCUT2D eigenvalue weighted by Gasteiger charge is 2.10. The van der Waals surface area contributed by atoms with Crippen LogP contribution in [0.5, 0.6) is 5.75 Å². The molecule has 1 aromatic heterocycles. The van der Waals surface area contributed by atoms with Gasteiger partial charge >= 0.3 is 0 Å². The second-order valence-electron chi connectivity index (χ2n) is 4.73. The van der Waals surface area contributed by atoms with Crippen molar-refractivity contribution in [3.8, 4) is 17.1 Å². The van der Waals surface area contributed by atoms with Crippen molar-refractivity contribution >= 4 is 23.8 Å². The molecule has 4 nitrogen and oxygen atoms in total. The van der Waals surface area contributed by atoms with Gasteiger partial charge in [-0.1, -0.05) is 41.9 Å². The lowest BCUT2D eigenvalue weighted by Crippen LogP contribution is -2.03. The van der Waals surface area contributed by atoms with Crippen LogP contribution in [0.2, 0.25) is 5.02 Å². The molecule has 3 rings (SSSR count). The lowest BCUT2D eigenvalue weighted by atomic mass is 10.2. The monoisotopic (exact) mass is 331 g/mol. The van der Waals surface area contributed by atoms with Gasteiger partial charge in [-0.3, -0.25) is 9.78 Å². The second kappa shape index (κ2) is 6.34. The second-order valence-corrected chi connectivity index (χ2v) is 5.50. The Bertz CT molecular complexity index is 856. The van der Waals surface area contributed by atoms with E-state index in [4.69, 9.17) is 28.6 Å². The summed E-state index contributed by atoms with van der Waals surface area (Å²) in [7, 11) is 1.65. The third kappa shape index (κ3) is 2.91. The number of rotatable bonds is 4. The van der Waals surface area contributed by atoms with Gasteiger partial charge < -0.3 is 4.74 Å². The summed E-state index contributed by atoms with van der Waals surface area (Å²) in [4.78, 5) is 4.39. The summed E-state index contributed by atoms with van der Waals surface area (Å²) in [6.45, 7) is 0.556. The van der Waals surface area contributed by atoms with Gasteiger partial charge in [0.2, 0.25) is 4.77 Å². The van der Waals surface area contributed by atoms with Gasteiger partial charge in [-0.2, -0.15) is 4.98 Å². The number of nitrogens with zero attached hydrogens (tertiary/aromatic N) is 2. The highest BCUT2D eigenvalue weighted by Crippen LogP contribution is 2.25. The summed E-state index contributed by atoms with van der Waals surface area (Å²) in [6.07, 6.45) is 0. The topological polar surface area (TPSA) is 42.8 Å². The van der Waals surface area contributed by atoms with Crippen molar-refractivity contribution in [1.29, 1.82) is 0 Å². The van der Waals surface area contributed by atoms with Crippen LogP contribution in [0.15, 0.2) is 48.5 Å². The van der Waals surface area contributed by atoms with E-state index in [0.29, 0.717) is 22.2 Å². The van der Waals surface area contributed by atoms with Gasteiger partial charge in [0.25, 0.3) is 0 Å². The number of aromatic amines is 1. The minimum absolute atomic E-state index is 0.473. The molecule has 0 saturated carbocycles. The molecule has 1 heterocycles. The average Bonchev–Trinajstić information content (AvgIpc) is 2.89. The lowest BCUT2D eigenvalue weighted by molar-refractivity contribution is 0.407. The van der Waals surface area contributed by atoms with Gasteiger partial charge in [-0.05, 0) is 30.4 Å². The molecular formula is C16H14ClN3OS. The van der Waals surface area contributed by atoms with Crippen molar-refractivity contribution in [2.24, 2.45) is 0 Å². The number of H-pyrrole nitrogens is 1. The smallest absolute Gasteiger partial charge is 0.216 e. The molecule has 0 saturated heterocycles. The van der Waals surface area contributed by atoms with Crippen molar-refractivity contribution in [2.75, 3.05) is 7.11 Å². The highest BCUT2D eigenvalue weighted by atomic mass is 35.5. The van der Waals surface area contributed by atoms with E-state index in [1.54, 1.807) is 11.8 Å². The quantitative estimate of drug-likeness (QED) is 0.724. The van der Waals surface area contributed by atoms with Crippen molar-refractivity contribution in [3.05, 3.63) is 63.9 Å². The Kier molecular flexibility index (Phi) is 4.27. The molecule has 0 spiro atoms. The zero-order valence-corrected chi connectivity index (χ0v) is 13.5. The Hall–Kier alpha value is -2.11. The number of methoxy groups -OCH3 is 1. The molecular weight excluding hydrogens is 318 g/mol. The number of halogens is 1. The number of benzene rings is 2. The van der Waals surface area contributed by atoms with Crippen molar-refractivity contribution in [3.63, 3.8) is 0 Å². The van der Waals surface area contributed by atoms with Gasteiger partial charge in [-0.15, -0.1) is 0 Å². The summed E-state index contributed by atoms with van der Waals surface area (Å²) in [5.41, 5.74) is 1.85. The van der Waals surface area contributed by atoms with Gasteiger partial charge in [0.05, 0.1) is 18.7 Å². The Morgan fingerprint density at radius 1 is 1.18 bits per heavy atom. The summed E-state index contributed by atoms with van der Waals surface area (Å²) in [5, 5.41) is 3.83. The van der Waals surface area contributed by atoms with E-state index in [-0.39, 0.29) is 0 Å². The number of aromatic nitrogens is 3. The van der Waals surface area contributed by atoms with Crippen LogP contribution in [0.1, 0.15) is 5.56 Å². The van der Waals surface area contributed by atoms with Crippen LogP contribution in [0.25, 0.3) is 11.4 Å². The Morgan fingerprint density at radius 3 is 2.68 bits per heavy atom. The SMILES string of the molecule is COc1ccccc1Cn1[nH]c(-c2ccccc2Cl)nc1=S. The fourth-order valence-electron chi connectivity index (χ4n) is 2.24. The van der Waals surface area contributed by atoms with Crippen LogP contribution in [-0.2, 0) is 6.54 Å². The molecule has 0 radical (unpaired) electrons. The first-order chi connectivity index (χ1) is 10.7. The molecule has 0 aliphatic heterocycles. The minimum atomic E-state index is 0.473. The van der Waals surface area contributed by atoms with E-state index in [9.17, 15) is 0 Å². The molecule has 0 aliphatic rings. The highest BCUT2D eigenvalue weighted by molar-refractivity contribution is 7.71. The molecule has 3 aromatic rings. The molecule has 2 aromatic carbocycles. The fraction of sp³-hybridized carbons (Fsp3) is 0.125. The summed E-state index contributed by atoms with van der Waals surface area (Å²) in [5.74, 6) is 1.48. The van der Waals surface area contributed by atoms with Crippen molar-refractivity contribution in [2.45, 2.75) is 6.54 Å². The number of para-hydroxylation sites is 1. The normalized spacial score (nSPS) is 10.6. The van der Waals surface area contributed by atoms with Crippen LogP contribution in [0.3, 0.4) is 0 Å². The molecule has 1 N–H and O–H groups in total. The van der Waals surface area contributed by atoms with Gasteiger partial charge in [0.15, 0.2) is 5.82 Å². The number of nitrogens with one attached hydrogen (secondary N) is 1. The van der Waals surface area contributed by atoms with E-state index in [0.717, 1.165) is 16.9 Å². The van der Waals surface area contributed by atoms with Gasteiger partial charge in [0.1, 0.15) is 5.75 Å². The molecule has 22 heavy (non-hydrogen) atoms. The maximum Gasteiger partial charge on any atom is 0.216 e. The maximum absolute atomic E-state index is 6.20. The molecule has 0 unspecified atom stereocenters. The van der Waals surface area contributed by atoms with E-state index < -0.39 is 0 Å². The molecule has 0 amide bonds. The van der Waals surface area contributed by atoms with Gasteiger partial charge in [0, 0.05) is 11.1 Å². The van der Waals surface area contributed by atoms with Crippen LogP contribution in [0, 0.1) is 4.77 Å². The average molecular weight is 332 g/mol. The number of hydrogen-bond acceptors (Lipinski definition) is 3. The van der Waals surface area contributed by atoms with E-state index >= 15 is 0 Å². The van der Waals surface area contributed by atoms with Gasteiger partial charge in [-0.25, -0.2) is 0 Å².